The number of nitrogen functional groups attached to an aromatic ring is 1. The Hall–Kier alpha value is -2.94. The van der Waals surface area contributed by atoms with E-state index in [0.29, 0.717) is 28.9 Å². The van der Waals surface area contributed by atoms with Crippen molar-refractivity contribution in [1.82, 2.24) is 30.2 Å². The quantitative estimate of drug-likeness (QED) is 0.572. The van der Waals surface area contributed by atoms with E-state index in [-0.39, 0.29) is 12.4 Å². The van der Waals surface area contributed by atoms with Gasteiger partial charge in [0.05, 0.1) is 5.39 Å². The van der Waals surface area contributed by atoms with Gasteiger partial charge in [-0.1, -0.05) is 19.1 Å². The van der Waals surface area contributed by atoms with Crippen LogP contribution in [-0.4, -0.2) is 30.2 Å². The fraction of sp³-hybridized carbons (Fsp3) is 0.316. The molecule has 0 amide bonds. The third-order valence-corrected chi connectivity index (χ3v) is 6.20. The Morgan fingerprint density at radius 3 is 3.07 bits per heavy atom. The van der Waals surface area contributed by atoms with Crippen LogP contribution in [0.2, 0.25) is 0 Å². The SMILES string of the molecule is CC1CCc2c(sc3nc(Cn4nnc(-c5cccc(F)c5)n4)nc(N)c23)C1. The summed E-state index contributed by atoms with van der Waals surface area (Å²) in [5.41, 5.74) is 8.16. The molecule has 0 saturated carbocycles. The van der Waals surface area contributed by atoms with Crippen LogP contribution in [0.5, 0.6) is 0 Å². The summed E-state index contributed by atoms with van der Waals surface area (Å²) in [6.07, 6.45) is 3.28. The molecule has 0 saturated heterocycles. The molecule has 4 aromatic rings. The zero-order chi connectivity index (χ0) is 19.3. The summed E-state index contributed by atoms with van der Waals surface area (Å²) in [5.74, 6) is 1.76. The van der Waals surface area contributed by atoms with E-state index in [1.54, 1.807) is 23.5 Å². The number of rotatable bonds is 3. The molecule has 0 fully saturated rings. The second-order valence-electron chi connectivity index (χ2n) is 7.21. The first kappa shape index (κ1) is 17.2. The van der Waals surface area contributed by atoms with Crippen LogP contribution in [0.4, 0.5) is 10.2 Å². The van der Waals surface area contributed by atoms with E-state index in [1.807, 2.05) is 0 Å². The van der Waals surface area contributed by atoms with E-state index in [1.165, 1.54) is 33.8 Å². The predicted molar refractivity (Wildman–Crippen MR) is 105 cm³/mol. The number of anilines is 1. The van der Waals surface area contributed by atoms with Crippen LogP contribution in [0.25, 0.3) is 21.6 Å². The smallest absolute Gasteiger partial charge is 0.205 e. The van der Waals surface area contributed by atoms with Gasteiger partial charge in [-0.15, -0.1) is 21.5 Å². The van der Waals surface area contributed by atoms with Gasteiger partial charge in [-0.2, -0.15) is 4.80 Å². The summed E-state index contributed by atoms with van der Waals surface area (Å²) in [6.45, 7) is 2.53. The molecule has 3 heterocycles. The minimum atomic E-state index is -0.341. The Labute approximate surface area is 164 Å². The summed E-state index contributed by atoms with van der Waals surface area (Å²) >= 11 is 1.71. The second-order valence-corrected chi connectivity index (χ2v) is 8.29. The van der Waals surface area contributed by atoms with E-state index in [9.17, 15) is 4.39 Å². The van der Waals surface area contributed by atoms with Crippen molar-refractivity contribution < 1.29 is 4.39 Å². The first-order chi connectivity index (χ1) is 13.6. The Balaban J connectivity index is 1.46. The van der Waals surface area contributed by atoms with Crippen molar-refractivity contribution in [2.45, 2.75) is 32.7 Å². The number of aryl methyl sites for hydroxylation is 1. The van der Waals surface area contributed by atoms with Crippen LogP contribution in [0.3, 0.4) is 0 Å². The third kappa shape index (κ3) is 3.01. The van der Waals surface area contributed by atoms with Gasteiger partial charge in [0.15, 0.2) is 5.82 Å². The molecule has 5 rings (SSSR count). The van der Waals surface area contributed by atoms with E-state index < -0.39 is 0 Å². The molecule has 142 valence electrons. The first-order valence-electron chi connectivity index (χ1n) is 9.17. The number of benzene rings is 1. The molecular weight excluding hydrogens is 377 g/mol. The Kier molecular flexibility index (Phi) is 4.04. The van der Waals surface area contributed by atoms with Crippen molar-refractivity contribution >= 4 is 27.4 Å². The predicted octanol–water partition coefficient (Wildman–Crippen LogP) is 3.24. The van der Waals surface area contributed by atoms with Crippen molar-refractivity contribution in [2.75, 3.05) is 5.73 Å². The van der Waals surface area contributed by atoms with E-state index in [0.717, 1.165) is 23.1 Å². The number of nitrogens with two attached hydrogens (primary N) is 1. The van der Waals surface area contributed by atoms with Gasteiger partial charge in [0.1, 0.15) is 23.0 Å². The minimum absolute atomic E-state index is 0.251. The van der Waals surface area contributed by atoms with Crippen LogP contribution in [0.15, 0.2) is 24.3 Å². The zero-order valence-corrected chi connectivity index (χ0v) is 16.1. The second kappa shape index (κ2) is 6.59. The first-order valence-corrected chi connectivity index (χ1v) is 9.99. The van der Waals surface area contributed by atoms with Crippen LogP contribution < -0.4 is 5.73 Å². The lowest BCUT2D eigenvalue weighted by molar-refractivity contribution is 0.509. The van der Waals surface area contributed by atoms with Gasteiger partial charge in [-0.3, -0.25) is 0 Å². The summed E-state index contributed by atoms with van der Waals surface area (Å²) in [7, 11) is 0. The zero-order valence-electron chi connectivity index (χ0n) is 15.3. The molecule has 1 aliphatic carbocycles. The van der Waals surface area contributed by atoms with Crippen LogP contribution in [-0.2, 0) is 19.4 Å². The molecule has 9 heteroatoms. The lowest BCUT2D eigenvalue weighted by Gasteiger charge is -2.17. The van der Waals surface area contributed by atoms with Gasteiger partial charge in [-0.05, 0) is 48.1 Å². The van der Waals surface area contributed by atoms with Crippen LogP contribution >= 0.6 is 11.3 Å². The summed E-state index contributed by atoms with van der Waals surface area (Å²) in [6, 6.07) is 6.10. The lowest BCUT2D eigenvalue weighted by atomic mass is 9.89. The topological polar surface area (TPSA) is 95.4 Å². The molecule has 3 aromatic heterocycles. The fourth-order valence-corrected chi connectivity index (χ4v) is 5.08. The monoisotopic (exact) mass is 395 g/mol. The molecule has 1 atom stereocenters. The molecule has 0 radical (unpaired) electrons. The van der Waals surface area contributed by atoms with Gasteiger partial charge in [0.2, 0.25) is 5.82 Å². The third-order valence-electron chi connectivity index (χ3n) is 5.05. The number of nitrogens with zero attached hydrogens (tertiary/aromatic N) is 6. The van der Waals surface area contributed by atoms with E-state index in [4.69, 9.17) is 10.7 Å². The van der Waals surface area contributed by atoms with Gasteiger partial charge >= 0.3 is 0 Å². The molecule has 1 aliphatic rings. The maximum Gasteiger partial charge on any atom is 0.205 e. The fourth-order valence-electron chi connectivity index (χ4n) is 3.67. The highest BCUT2D eigenvalue weighted by Crippen LogP contribution is 2.39. The maximum atomic E-state index is 13.4. The van der Waals surface area contributed by atoms with Gasteiger partial charge in [-0.25, -0.2) is 14.4 Å². The van der Waals surface area contributed by atoms with Crippen molar-refractivity contribution in [3.8, 4) is 11.4 Å². The summed E-state index contributed by atoms with van der Waals surface area (Å²) in [5, 5.41) is 13.4. The van der Waals surface area contributed by atoms with Gasteiger partial charge in [0, 0.05) is 10.4 Å². The number of hydrogen-bond acceptors (Lipinski definition) is 7. The highest BCUT2D eigenvalue weighted by molar-refractivity contribution is 7.19. The molecule has 0 aliphatic heterocycles. The highest BCUT2D eigenvalue weighted by Gasteiger charge is 2.23. The highest BCUT2D eigenvalue weighted by atomic mass is 32.1. The van der Waals surface area contributed by atoms with Crippen molar-refractivity contribution in [3.63, 3.8) is 0 Å². The Bertz CT molecular complexity index is 1180. The molecule has 7 nitrogen and oxygen atoms in total. The van der Waals surface area contributed by atoms with E-state index in [2.05, 4.69) is 27.3 Å². The molecule has 2 N–H and O–H groups in total. The molecule has 0 bridgehead atoms. The minimum Gasteiger partial charge on any atom is -0.383 e. The Morgan fingerprint density at radius 2 is 2.21 bits per heavy atom. The standard InChI is InChI=1S/C19H18FN7S/c1-10-5-6-13-14(7-10)28-19-16(13)17(21)22-15(23-19)9-27-25-18(24-26-27)11-3-2-4-12(20)8-11/h2-4,8,10H,5-7,9H2,1H3,(H2,21,22,23). The van der Waals surface area contributed by atoms with Crippen molar-refractivity contribution in [3.05, 3.63) is 46.3 Å². The molecule has 28 heavy (non-hydrogen) atoms. The van der Waals surface area contributed by atoms with Crippen molar-refractivity contribution in [2.24, 2.45) is 5.92 Å². The summed E-state index contributed by atoms with van der Waals surface area (Å²) < 4.78 is 13.4. The maximum absolute atomic E-state index is 13.4. The number of tetrazole rings is 1. The van der Waals surface area contributed by atoms with E-state index >= 15 is 0 Å². The largest absolute Gasteiger partial charge is 0.383 e. The summed E-state index contributed by atoms with van der Waals surface area (Å²) in [4.78, 5) is 12.9. The molecular formula is C19H18FN7S. The number of thiophene rings is 1. The van der Waals surface area contributed by atoms with Crippen molar-refractivity contribution in [1.29, 1.82) is 0 Å². The van der Waals surface area contributed by atoms with Crippen LogP contribution in [0.1, 0.15) is 29.6 Å². The molecule has 1 aromatic carbocycles. The molecule has 1 unspecified atom stereocenters. The number of aromatic nitrogens is 6. The molecule has 0 spiro atoms. The van der Waals surface area contributed by atoms with Crippen LogP contribution in [0, 0.1) is 11.7 Å². The number of fused-ring (bicyclic) bond motifs is 3. The number of hydrogen-bond donors (Lipinski definition) is 1. The van der Waals surface area contributed by atoms with Gasteiger partial charge < -0.3 is 5.73 Å². The Morgan fingerprint density at radius 1 is 1.32 bits per heavy atom. The normalized spacial score (nSPS) is 16.4. The van der Waals surface area contributed by atoms with Gasteiger partial charge in [0.25, 0.3) is 0 Å². The average Bonchev–Trinajstić information content (AvgIpc) is 3.25. The number of halogens is 1. The lowest BCUT2D eigenvalue weighted by Crippen LogP contribution is -2.10. The average molecular weight is 395 g/mol.